The summed E-state index contributed by atoms with van der Waals surface area (Å²) in [6, 6.07) is 13.6. The van der Waals surface area contributed by atoms with Crippen molar-refractivity contribution in [1.82, 2.24) is 56.4 Å². The van der Waals surface area contributed by atoms with Crippen LogP contribution in [0.25, 0.3) is 0 Å². The van der Waals surface area contributed by atoms with Crippen LogP contribution in [0, 0.1) is 36.4 Å². The Hall–Kier alpha value is -4.78. The number of piperidine rings is 1. The second kappa shape index (κ2) is 35.1. The second-order valence-corrected chi connectivity index (χ2v) is 28.7. The maximum Gasteiger partial charge on any atom is 0.419 e. The van der Waals surface area contributed by atoms with Gasteiger partial charge >= 0.3 is 6.18 Å². The largest absolute Gasteiger partial charge is 0.419 e. The number of hydrogen-bond donors (Lipinski definition) is 6. The SMILES string of the molecule is CC[C@H](C)[C@H]1C(C)NC2(CCCC2)CNCCNC=CC(CCc2ccc(C(F)(F)F)c(F)c2)=NC=CN(C)C=C(Cc2ccc(C)cc2)N(C)C=C2CCCN2[C@@H](C)C(C)N[C@@H]([C@@H](C)CC)CN[C@@H](CC(C)C)C(C)NCC2[C@@H](C(=O)N3CCCCC3)C(C)N21. The van der Waals surface area contributed by atoms with Crippen molar-refractivity contribution in [3.8, 4) is 0 Å². The number of allylic oxidation sites excluding steroid dienone is 3. The van der Waals surface area contributed by atoms with E-state index in [9.17, 15) is 22.4 Å². The van der Waals surface area contributed by atoms with Crippen LogP contribution in [0.1, 0.15) is 182 Å². The van der Waals surface area contributed by atoms with E-state index in [1.165, 1.54) is 42.2 Å². The van der Waals surface area contributed by atoms with Crippen molar-refractivity contribution in [2.75, 3.05) is 66.5 Å². The smallest absolute Gasteiger partial charge is 0.390 e. The highest BCUT2D eigenvalue weighted by Crippen LogP contribution is 2.41. The molecule has 1 aliphatic carbocycles. The van der Waals surface area contributed by atoms with E-state index in [-0.39, 0.29) is 65.8 Å². The number of benzene rings is 2. The van der Waals surface area contributed by atoms with Crippen LogP contribution in [0.4, 0.5) is 17.6 Å². The minimum atomic E-state index is -4.77. The van der Waals surface area contributed by atoms with Crippen molar-refractivity contribution >= 4 is 11.6 Å². The number of hydrogen-bond acceptors (Lipinski definition) is 12. The van der Waals surface area contributed by atoms with Gasteiger partial charge in [0.1, 0.15) is 5.82 Å². The van der Waals surface area contributed by atoms with E-state index in [0.717, 1.165) is 121 Å². The number of likely N-dealkylation sites (tertiary alicyclic amines) is 1. The zero-order valence-corrected chi connectivity index (χ0v) is 58.4. The third kappa shape index (κ3) is 20.9. The molecular weight excluding hydrogens is 1150 g/mol. The predicted molar refractivity (Wildman–Crippen MR) is 369 cm³/mol. The number of nitrogens with one attached hydrogen (secondary N) is 6. The molecule has 0 radical (unpaired) electrons. The lowest BCUT2D eigenvalue weighted by Gasteiger charge is -2.60. The van der Waals surface area contributed by atoms with E-state index < -0.39 is 17.6 Å². The number of carbonyl (C=O) groups is 1. The summed E-state index contributed by atoms with van der Waals surface area (Å²) >= 11 is 0. The fourth-order valence-corrected chi connectivity index (χ4v) is 15.2. The average Bonchev–Trinajstić information content (AvgIpc) is 1.03. The molecule has 13 nitrogen and oxygen atoms in total. The average molecular weight is 1270 g/mol. The summed E-state index contributed by atoms with van der Waals surface area (Å²) in [6.45, 7) is 34.7. The molecule has 0 bridgehead atoms. The highest BCUT2D eigenvalue weighted by atomic mass is 19.4. The normalized spacial score (nSPS) is 28.7. The van der Waals surface area contributed by atoms with E-state index in [4.69, 9.17) is 4.99 Å². The number of alkyl halides is 3. The summed E-state index contributed by atoms with van der Waals surface area (Å²) in [5.41, 5.74) is 4.66. The monoisotopic (exact) mass is 1270 g/mol. The molecule has 4 fully saturated rings. The number of fused-ring (bicyclic) bond motifs is 2. The van der Waals surface area contributed by atoms with Crippen molar-refractivity contribution in [2.24, 2.45) is 28.7 Å². The number of aliphatic imine (C=N–C) groups is 1. The summed E-state index contributed by atoms with van der Waals surface area (Å²) in [5, 5.41) is 24.1. The van der Waals surface area contributed by atoms with Crippen molar-refractivity contribution < 1.29 is 22.4 Å². The first kappa shape index (κ1) is 73.6. The fourth-order valence-electron chi connectivity index (χ4n) is 15.2. The van der Waals surface area contributed by atoms with Crippen LogP contribution in [-0.2, 0) is 23.8 Å². The standard InChI is InChI=1S/C74H120F4N12O/c1-15-53(6)68-46-83-67(43-51(3)4)56(9)82-47-69-70(72(91)88-39-20-17-21-40-88)59(12)90(69)71(54(7)16-2)57(10)85-73(33-18-19-34-73)50-80-37-36-79-35-32-62(30-28-61-29-31-65(66(75)45-61)74(76,77)78)81-38-42-86(13)48-64(44-60-26-24-52(5)25-27-60)87(14)49-63-23-22-41-89(63)58(11)55(8)84-68/h24-27,29,31-32,35,38,42,45,48-49,51,53-59,67-71,79-80,82-85H,15-23,28,30,33-34,36-37,39-41,43-44,46-47,50H2,1-14H3/t53-,54-,55?,56?,57?,58-,59?,67-,68+,69?,70-,71-/m0/s1. The Bertz CT molecular complexity index is 2700. The van der Waals surface area contributed by atoms with Gasteiger partial charge in [-0.05, 0) is 159 Å². The Morgan fingerprint density at radius 2 is 1.48 bits per heavy atom. The Balaban J connectivity index is 1.21. The predicted octanol–water partition coefficient (Wildman–Crippen LogP) is 12.8. The topological polar surface area (TPSA) is 118 Å². The molecule has 1 saturated carbocycles. The van der Waals surface area contributed by atoms with Gasteiger partial charge in [0.25, 0.3) is 0 Å². The lowest BCUT2D eigenvalue weighted by atomic mass is 9.74. The van der Waals surface area contributed by atoms with Crippen LogP contribution in [0.2, 0.25) is 0 Å². The van der Waals surface area contributed by atoms with Crippen molar-refractivity contribution in [2.45, 2.75) is 245 Å². The number of nitrogens with zero attached hydrogens (tertiary/aromatic N) is 6. The Morgan fingerprint density at radius 3 is 2.15 bits per heavy atom. The number of amides is 1. The van der Waals surface area contributed by atoms with E-state index in [2.05, 4.69) is 178 Å². The minimum Gasteiger partial charge on any atom is -0.390 e. The quantitative estimate of drug-likeness (QED) is 0.114. The third-order valence-corrected chi connectivity index (χ3v) is 21.2. The van der Waals surface area contributed by atoms with Crippen molar-refractivity contribution in [3.63, 3.8) is 0 Å². The molecule has 1 amide bonds. The molecule has 1 spiro atoms. The number of aryl methyl sites for hydroxylation is 2. The summed E-state index contributed by atoms with van der Waals surface area (Å²) in [4.78, 5) is 31.6. The molecule has 91 heavy (non-hydrogen) atoms. The van der Waals surface area contributed by atoms with Gasteiger partial charge in [-0.15, -0.1) is 0 Å². The van der Waals surface area contributed by atoms with Gasteiger partial charge in [0.05, 0.1) is 11.5 Å². The van der Waals surface area contributed by atoms with Crippen LogP contribution in [-0.4, -0.2) is 162 Å². The van der Waals surface area contributed by atoms with Gasteiger partial charge in [-0.2, -0.15) is 13.2 Å². The third-order valence-electron chi connectivity index (χ3n) is 21.2. The Labute approximate surface area is 547 Å². The molecule has 2 aromatic carbocycles. The molecule has 5 aliphatic rings. The number of halogens is 4. The molecule has 0 aromatic heterocycles. The molecule has 510 valence electrons. The van der Waals surface area contributed by atoms with Gasteiger partial charge in [0.2, 0.25) is 5.91 Å². The molecule has 5 unspecified atom stereocenters. The van der Waals surface area contributed by atoms with E-state index in [1.54, 1.807) is 6.20 Å². The molecule has 4 heterocycles. The van der Waals surface area contributed by atoms with E-state index >= 15 is 0 Å². The highest BCUT2D eigenvalue weighted by molar-refractivity contribution is 5.95. The molecule has 12 atom stereocenters. The number of carbonyl (C=O) groups excluding carboxylic acids is 1. The van der Waals surface area contributed by atoms with Crippen LogP contribution < -0.4 is 31.9 Å². The fraction of sp³-hybridized carbons (Fsp3) is 0.703. The molecular formula is C74H120F4N12O. The van der Waals surface area contributed by atoms with Gasteiger partial charge in [0.15, 0.2) is 0 Å². The maximum absolute atomic E-state index is 14.9. The lowest BCUT2D eigenvalue weighted by Crippen LogP contribution is -2.76. The van der Waals surface area contributed by atoms with Gasteiger partial charge in [-0.3, -0.25) is 14.7 Å². The maximum atomic E-state index is 14.9. The van der Waals surface area contributed by atoms with Gasteiger partial charge < -0.3 is 51.5 Å². The summed E-state index contributed by atoms with van der Waals surface area (Å²) in [6.07, 6.45) is 21.7. The summed E-state index contributed by atoms with van der Waals surface area (Å²) in [7, 11) is 4.15. The zero-order valence-electron chi connectivity index (χ0n) is 58.4. The molecule has 17 heteroatoms. The Morgan fingerprint density at radius 1 is 0.780 bits per heavy atom. The first-order valence-electron chi connectivity index (χ1n) is 35.4. The first-order chi connectivity index (χ1) is 43.4. The molecule has 7 rings (SSSR count). The van der Waals surface area contributed by atoms with Gasteiger partial charge in [-0.25, -0.2) is 4.39 Å². The molecule has 3 saturated heterocycles. The molecule has 6 N–H and O–H groups in total. The van der Waals surface area contributed by atoms with E-state index in [1.807, 2.05) is 30.4 Å². The number of likely N-dealkylation sites (N-methyl/N-ethyl adjacent to an activating group) is 1. The van der Waals surface area contributed by atoms with Gasteiger partial charge in [0, 0.05) is 175 Å². The van der Waals surface area contributed by atoms with Gasteiger partial charge in [-0.1, -0.05) is 103 Å². The highest BCUT2D eigenvalue weighted by Gasteiger charge is 2.55. The summed E-state index contributed by atoms with van der Waals surface area (Å²) in [5.74, 6) is 0.356. The molecule has 2 aromatic rings. The van der Waals surface area contributed by atoms with Crippen LogP contribution >= 0.6 is 0 Å². The minimum absolute atomic E-state index is 0.0661. The zero-order chi connectivity index (χ0) is 66.0. The lowest BCUT2D eigenvalue weighted by molar-refractivity contribution is -0.162. The van der Waals surface area contributed by atoms with Crippen LogP contribution in [0.15, 0.2) is 95.9 Å². The second-order valence-electron chi connectivity index (χ2n) is 28.7. The first-order valence-corrected chi connectivity index (χ1v) is 35.4. The van der Waals surface area contributed by atoms with Crippen LogP contribution in [0.5, 0.6) is 0 Å². The molecule has 4 aliphatic heterocycles. The van der Waals surface area contributed by atoms with Crippen molar-refractivity contribution in [1.29, 1.82) is 0 Å². The summed E-state index contributed by atoms with van der Waals surface area (Å²) < 4.78 is 55.4. The Kier molecular flexibility index (Phi) is 28.4. The van der Waals surface area contributed by atoms with Crippen molar-refractivity contribution in [3.05, 3.63) is 119 Å². The van der Waals surface area contributed by atoms with Crippen LogP contribution in [0.3, 0.4) is 0 Å². The number of rotatable bonds is 12. The van der Waals surface area contributed by atoms with E-state index in [0.29, 0.717) is 60.7 Å².